The second kappa shape index (κ2) is 4.18. The topological polar surface area (TPSA) is 46.5 Å². The van der Waals surface area contributed by atoms with Crippen molar-refractivity contribution >= 4 is 21.9 Å². The van der Waals surface area contributed by atoms with E-state index >= 15 is 0 Å². The molecule has 0 aromatic heterocycles. The van der Waals surface area contributed by atoms with Crippen LogP contribution < -0.4 is 0 Å². The number of hydrogen-bond acceptors (Lipinski definition) is 2. The first-order valence-electron chi connectivity index (χ1n) is 5.12. The van der Waals surface area contributed by atoms with E-state index in [1.807, 2.05) is 24.3 Å². The third kappa shape index (κ3) is 1.87. The van der Waals surface area contributed by atoms with Gasteiger partial charge in [-0.05, 0) is 30.5 Å². The van der Waals surface area contributed by atoms with Gasteiger partial charge in [0.1, 0.15) is 0 Å². The minimum absolute atomic E-state index is 0.329. The molecule has 3 nitrogen and oxygen atoms in total. The van der Waals surface area contributed by atoms with Gasteiger partial charge in [-0.25, -0.2) is 4.79 Å². The van der Waals surface area contributed by atoms with Crippen molar-refractivity contribution in [1.29, 1.82) is 0 Å². The zero-order valence-corrected chi connectivity index (χ0v) is 10.5. The van der Waals surface area contributed by atoms with Crippen LogP contribution in [-0.2, 0) is 14.9 Å². The molecule has 4 heteroatoms. The minimum atomic E-state index is -0.889. The molecule has 1 atom stereocenters. The number of carboxylic acids is 1. The zero-order valence-electron chi connectivity index (χ0n) is 8.94. The average Bonchev–Trinajstić information content (AvgIpc) is 3.00. The molecule has 0 spiro atoms. The molecule has 16 heavy (non-hydrogen) atoms. The predicted molar refractivity (Wildman–Crippen MR) is 63.5 cm³/mol. The highest BCUT2D eigenvalue weighted by atomic mass is 79.9. The fraction of sp³-hybridized carbons (Fsp3) is 0.417. The van der Waals surface area contributed by atoms with Crippen LogP contribution in [0.4, 0.5) is 0 Å². The third-order valence-corrected chi connectivity index (χ3v) is 3.64. The largest absolute Gasteiger partial charge is 0.479 e. The van der Waals surface area contributed by atoms with E-state index in [9.17, 15) is 4.79 Å². The number of ether oxygens (including phenoxy) is 1. The molecule has 0 amide bonds. The Morgan fingerprint density at radius 2 is 2.25 bits per heavy atom. The Balaban J connectivity index is 2.35. The van der Waals surface area contributed by atoms with E-state index in [0.29, 0.717) is 0 Å². The Hall–Kier alpha value is -0.870. The van der Waals surface area contributed by atoms with Crippen molar-refractivity contribution in [2.45, 2.75) is 24.4 Å². The molecule has 1 saturated carbocycles. The summed E-state index contributed by atoms with van der Waals surface area (Å²) >= 11 is 3.40. The molecule has 1 fully saturated rings. The number of rotatable bonds is 4. The van der Waals surface area contributed by atoms with Crippen LogP contribution >= 0.6 is 15.9 Å². The highest BCUT2D eigenvalue weighted by Crippen LogP contribution is 2.52. The first-order valence-corrected chi connectivity index (χ1v) is 5.91. The van der Waals surface area contributed by atoms with E-state index in [4.69, 9.17) is 9.84 Å². The summed E-state index contributed by atoms with van der Waals surface area (Å²) in [5.74, 6) is -0.889. The Kier molecular flexibility index (Phi) is 3.04. The standard InChI is InChI=1S/C12H13BrO3/c1-16-10(11(14)15)12(5-6-12)8-3-2-4-9(13)7-8/h2-4,7,10H,5-6H2,1H3,(H,14,15). The normalized spacial score (nSPS) is 19.1. The second-order valence-corrected chi connectivity index (χ2v) is 5.04. The quantitative estimate of drug-likeness (QED) is 0.924. The lowest BCUT2D eigenvalue weighted by Gasteiger charge is -2.22. The van der Waals surface area contributed by atoms with E-state index in [2.05, 4.69) is 15.9 Å². The van der Waals surface area contributed by atoms with Crippen LogP contribution in [0.5, 0.6) is 0 Å². The molecule has 0 radical (unpaired) electrons. The first-order chi connectivity index (χ1) is 7.60. The van der Waals surface area contributed by atoms with Gasteiger partial charge in [0, 0.05) is 17.0 Å². The summed E-state index contributed by atoms with van der Waals surface area (Å²) in [6.45, 7) is 0. The van der Waals surface area contributed by atoms with Crippen molar-refractivity contribution in [2.24, 2.45) is 0 Å². The van der Waals surface area contributed by atoms with Crippen molar-refractivity contribution in [1.82, 2.24) is 0 Å². The molecule has 1 unspecified atom stereocenters. The highest BCUT2D eigenvalue weighted by molar-refractivity contribution is 9.10. The summed E-state index contributed by atoms with van der Waals surface area (Å²) < 4.78 is 6.09. The lowest BCUT2D eigenvalue weighted by molar-refractivity contribution is -0.150. The monoisotopic (exact) mass is 284 g/mol. The van der Waals surface area contributed by atoms with Gasteiger partial charge in [-0.1, -0.05) is 28.1 Å². The van der Waals surface area contributed by atoms with E-state index < -0.39 is 12.1 Å². The van der Waals surface area contributed by atoms with Crippen LogP contribution in [-0.4, -0.2) is 24.3 Å². The summed E-state index contributed by atoms with van der Waals surface area (Å²) in [5, 5.41) is 9.14. The van der Waals surface area contributed by atoms with Gasteiger partial charge in [-0.15, -0.1) is 0 Å². The summed E-state index contributed by atoms with van der Waals surface area (Å²) in [6.07, 6.45) is 0.990. The van der Waals surface area contributed by atoms with Gasteiger partial charge in [0.05, 0.1) is 0 Å². The molecule has 2 rings (SSSR count). The number of aliphatic carboxylic acids is 1. The number of benzene rings is 1. The molecule has 1 aliphatic carbocycles. The van der Waals surface area contributed by atoms with E-state index in [1.54, 1.807) is 0 Å². The summed E-state index contributed by atoms with van der Waals surface area (Å²) in [6, 6.07) is 7.80. The molecule has 0 heterocycles. The smallest absolute Gasteiger partial charge is 0.333 e. The maximum Gasteiger partial charge on any atom is 0.333 e. The molecule has 1 aromatic carbocycles. The molecule has 0 saturated heterocycles. The molecule has 0 aliphatic heterocycles. The van der Waals surface area contributed by atoms with Gasteiger partial charge in [-0.2, -0.15) is 0 Å². The Morgan fingerprint density at radius 3 is 2.69 bits per heavy atom. The maximum absolute atomic E-state index is 11.1. The SMILES string of the molecule is COC(C(=O)O)C1(c2cccc(Br)c2)CC1. The number of hydrogen-bond donors (Lipinski definition) is 1. The lowest BCUT2D eigenvalue weighted by Crippen LogP contribution is -2.35. The Morgan fingerprint density at radius 1 is 1.56 bits per heavy atom. The molecule has 86 valence electrons. The number of carbonyl (C=O) groups is 1. The van der Waals surface area contributed by atoms with Crippen molar-refractivity contribution in [3.63, 3.8) is 0 Å². The molecule has 0 bridgehead atoms. The van der Waals surface area contributed by atoms with E-state index in [0.717, 1.165) is 22.9 Å². The van der Waals surface area contributed by atoms with Crippen molar-refractivity contribution < 1.29 is 14.6 Å². The van der Waals surface area contributed by atoms with Crippen molar-refractivity contribution in [3.8, 4) is 0 Å². The van der Waals surface area contributed by atoms with Gasteiger partial charge in [0.25, 0.3) is 0 Å². The first kappa shape index (κ1) is 11.6. The fourth-order valence-corrected chi connectivity index (χ4v) is 2.60. The summed E-state index contributed by atoms with van der Waals surface area (Å²) in [7, 11) is 1.46. The molecule has 1 aliphatic rings. The number of halogens is 1. The molecular formula is C12H13BrO3. The molecule has 1 N–H and O–H groups in total. The zero-order chi connectivity index (χ0) is 11.8. The van der Waals surface area contributed by atoms with Crippen LogP contribution in [0.15, 0.2) is 28.7 Å². The second-order valence-electron chi connectivity index (χ2n) is 4.12. The van der Waals surface area contributed by atoms with Crippen molar-refractivity contribution in [2.75, 3.05) is 7.11 Å². The Bertz CT molecular complexity index is 412. The minimum Gasteiger partial charge on any atom is -0.479 e. The maximum atomic E-state index is 11.1. The summed E-state index contributed by atoms with van der Waals surface area (Å²) in [4.78, 5) is 11.1. The third-order valence-electron chi connectivity index (χ3n) is 3.15. The van der Waals surface area contributed by atoms with Crippen LogP contribution in [0, 0.1) is 0 Å². The van der Waals surface area contributed by atoms with Gasteiger partial charge >= 0.3 is 5.97 Å². The van der Waals surface area contributed by atoms with Gasteiger partial charge in [0.15, 0.2) is 6.10 Å². The van der Waals surface area contributed by atoms with Gasteiger partial charge in [-0.3, -0.25) is 0 Å². The van der Waals surface area contributed by atoms with Crippen LogP contribution in [0.2, 0.25) is 0 Å². The van der Waals surface area contributed by atoms with E-state index in [1.165, 1.54) is 7.11 Å². The fourth-order valence-electron chi connectivity index (χ4n) is 2.20. The average molecular weight is 285 g/mol. The number of methoxy groups -OCH3 is 1. The highest BCUT2D eigenvalue weighted by Gasteiger charge is 2.54. The Labute approximate surface area is 103 Å². The molecular weight excluding hydrogens is 272 g/mol. The van der Waals surface area contributed by atoms with Crippen molar-refractivity contribution in [3.05, 3.63) is 34.3 Å². The van der Waals surface area contributed by atoms with Gasteiger partial charge < -0.3 is 9.84 Å². The lowest BCUT2D eigenvalue weighted by atomic mass is 9.90. The summed E-state index contributed by atoms with van der Waals surface area (Å²) in [5.41, 5.74) is 0.709. The predicted octanol–water partition coefficient (Wildman–Crippen LogP) is 2.58. The molecule has 1 aromatic rings. The van der Waals surface area contributed by atoms with Crippen LogP contribution in [0.25, 0.3) is 0 Å². The van der Waals surface area contributed by atoms with Crippen LogP contribution in [0.1, 0.15) is 18.4 Å². The van der Waals surface area contributed by atoms with E-state index in [-0.39, 0.29) is 5.41 Å². The number of carboxylic acid groups (broad SMARTS) is 1. The van der Waals surface area contributed by atoms with Gasteiger partial charge in [0.2, 0.25) is 0 Å². The van der Waals surface area contributed by atoms with Crippen LogP contribution in [0.3, 0.4) is 0 Å².